The van der Waals surface area contributed by atoms with Gasteiger partial charge >= 0.3 is 5.51 Å². The van der Waals surface area contributed by atoms with Crippen molar-refractivity contribution in [3.8, 4) is 5.75 Å². The molecule has 0 radical (unpaired) electrons. The number of ether oxygens (including phenoxy) is 1. The number of alkyl halides is 7. The predicted octanol–water partition coefficient (Wildman–Crippen LogP) is 3.24. The van der Waals surface area contributed by atoms with Gasteiger partial charge in [-0.3, -0.25) is 0 Å². The van der Waals surface area contributed by atoms with Crippen molar-refractivity contribution in [1.29, 1.82) is 0 Å². The summed E-state index contributed by atoms with van der Waals surface area (Å²) in [5.74, 6) is -8.52. The van der Waals surface area contributed by atoms with Crippen LogP contribution in [0.4, 0.5) is 30.7 Å². The summed E-state index contributed by atoms with van der Waals surface area (Å²) in [6.45, 7) is -0.577. The second-order valence-corrected chi connectivity index (χ2v) is 8.13. The van der Waals surface area contributed by atoms with E-state index in [0.717, 1.165) is 0 Å². The Hall–Kier alpha value is -1.56. The smallest absolute Gasteiger partial charge is 0.493 e. The molecule has 0 heterocycles. The van der Waals surface area contributed by atoms with E-state index in [2.05, 4.69) is 0 Å². The van der Waals surface area contributed by atoms with Crippen molar-refractivity contribution in [2.24, 2.45) is 5.92 Å². The van der Waals surface area contributed by atoms with Crippen molar-refractivity contribution in [3.05, 3.63) is 23.3 Å². The van der Waals surface area contributed by atoms with E-state index < -0.39 is 80.4 Å². The number of hydrogen-bond donors (Lipinski definition) is 1. The predicted molar refractivity (Wildman–Crippen MR) is 71.8 cm³/mol. The molecule has 1 fully saturated rings. The average molecular weight is 408 g/mol. The van der Waals surface area contributed by atoms with E-state index in [0.29, 0.717) is 12.1 Å². The third-order valence-electron chi connectivity index (χ3n) is 4.35. The Morgan fingerprint density at radius 2 is 1.73 bits per heavy atom. The molecule has 0 saturated heterocycles. The standard InChI is InChI=1S/C14H11F7O4S/c15-12(16)3-6(12)5-25-8-1-2-9(26(23,24)14(19,20)21)10-7(8)4-13(17,18)11(10)22/h1-2,6,11,22H,3-5H2/t6-,11-/m0/s1. The van der Waals surface area contributed by atoms with Crippen LogP contribution in [0.2, 0.25) is 0 Å². The van der Waals surface area contributed by atoms with Crippen LogP contribution in [0.15, 0.2) is 17.0 Å². The van der Waals surface area contributed by atoms with Gasteiger partial charge in [0.15, 0.2) is 0 Å². The molecule has 3 rings (SSSR count). The summed E-state index contributed by atoms with van der Waals surface area (Å²) in [6, 6.07) is 1.08. The molecule has 2 atom stereocenters. The zero-order chi connectivity index (χ0) is 19.7. The van der Waals surface area contributed by atoms with E-state index in [1.54, 1.807) is 0 Å². The molecule has 146 valence electrons. The van der Waals surface area contributed by atoms with Crippen molar-refractivity contribution >= 4 is 9.84 Å². The first-order valence-electron chi connectivity index (χ1n) is 7.22. The lowest BCUT2D eigenvalue weighted by Crippen LogP contribution is -2.26. The first-order valence-corrected chi connectivity index (χ1v) is 8.70. The summed E-state index contributed by atoms with van der Waals surface area (Å²) in [5, 5.41) is 9.66. The van der Waals surface area contributed by atoms with Gasteiger partial charge < -0.3 is 9.84 Å². The Balaban J connectivity index is 2.04. The van der Waals surface area contributed by atoms with Gasteiger partial charge in [-0.1, -0.05) is 0 Å². The van der Waals surface area contributed by atoms with Crippen LogP contribution in [0.5, 0.6) is 5.75 Å². The first-order chi connectivity index (χ1) is 11.7. The van der Waals surface area contributed by atoms with Crippen LogP contribution in [0.3, 0.4) is 0 Å². The highest BCUT2D eigenvalue weighted by atomic mass is 32.2. The van der Waals surface area contributed by atoms with Crippen LogP contribution in [0.1, 0.15) is 23.7 Å². The maximum Gasteiger partial charge on any atom is 0.501 e. The molecule has 26 heavy (non-hydrogen) atoms. The van der Waals surface area contributed by atoms with Crippen molar-refractivity contribution < 1.29 is 49.0 Å². The Kier molecular flexibility index (Phi) is 4.04. The minimum Gasteiger partial charge on any atom is -0.493 e. The minimum atomic E-state index is -6.01. The van der Waals surface area contributed by atoms with Gasteiger partial charge in [0, 0.05) is 24.0 Å². The van der Waals surface area contributed by atoms with Crippen molar-refractivity contribution in [2.45, 2.75) is 41.2 Å². The zero-order valence-electron chi connectivity index (χ0n) is 12.7. The molecule has 2 aliphatic rings. The van der Waals surface area contributed by atoms with Crippen LogP contribution < -0.4 is 4.74 Å². The molecule has 4 nitrogen and oxygen atoms in total. The summed E-state index contributed by atoms with van der Waals surface area (Å²) < 4.78 is 120. The minimum absolute atomic E-state index is 0.382. The van der Waals surface area contributed by atoms with Gasteiger partial charge in [0.05, 0.1) is 17.4 Å². The van der Waals surface area contributed by atoms with Crippen LogP contribution >= 0.6 is 0 Å². The topological polar surface area (TPSA) is 63.6 Å². The normalized spacial score (nSPS) is 26.5. The maximum absolute atomic E-state index is 13.8. The van der Waals surface area contributed by atoms with E-state index in [4.69, 9.17) is 4.74 Å². The van der Waals surface area contributed by atoms with Gasteiger partial charge in [0.1, 0.15) is 11.9 Å². The van der Waals surface area contributed by atoms with Crippen molar-refractivity contribution in [2.75, 3.05) is 6.61 Å². The molecule has 12 heteroatoms. The van der Waals surface area contributed by atoms with E-state index in [1.807, 2.05) is 0 Å². The van der Waals surface area contributed by atoms with Crippen LogP contribution in [-0.4, -0.2) is 37.5 Å². The number of benzene rings is 1. The molecular formula is C14H11F7O4S. The fraction of sp³-hybridized carbons (Fsp3) is 0.571. The summed E-state index contributed by atoms with van der Waals surface area (Å²) in [5.41, 5.74) is -7.53. The fourth-order valence-corrected chi connectivity index (χ4v) is 3.80. The molecule has 0 bridgehead atoms. The second kappa shape index (κ2) is 5.47. The third-order valence-corrected chi connectivity index (χ3v) is 5.89. The molecule has 0 aliphatic heterocycles. The Morgan fingerprint density at radius 1 is 1.15 bits per heavy atom. The van der Waals surface area contributed by atoms with Gasteiger partial charge in [-0.2, -0.15) is 13.2 Å². The highest BCUT2D eigenvalue weighted by Crippen LogP contribution is 2.52. The molecule has 1 saturated carbocycles. The second-order valence-electron chi connectivity index (χ2n) is 6.22. The molecule has 0 spiro atoms. The quantitative estimate of drug-likeness (QED) is 0.778. The number of sulfone groups is 1. The summed E-state index contributed by atoms with van der Waals surface area (Å²) in [7, 11) is -6.01. The van der Waals surface area contributed by atoms with Crippen LogP contribution in [-0.2, 0) is 16.3 Å². The van der Waals surface area contributed by atoms with E-state index >= 15 is 0 Å². The lowest BCUT2D eigenvalue weighted by atomic mass is 10.1. The van der Waals surface area contributed by atoms with Gasteiger partial charge in [-0.15, -0.1) is 0 Å². The molecule has 2 aliphatic carbocycles. The van der Waals surface area contributed by atoms with E-state index in [1.165, 1.54) is 0 Å². The van der Waals surface area contributed by atoms with Gasteiger partial charge in [0.25, 0.3) is 21.7 Å². The van der Waals surface area contributed by atoms with Crippen LogP contribution in [0, 0.1) is 5.92 Å². The zero-order valence-corrected chi connectivity index (χ0v) is 13.5. The number of fused-ring (bicyclic) bond motifs is 1. The van der Waals surface area contributed by atoms with E-state index in [-0.39, 0.29) is 0 Å². The maximum atomic E-state index is 13.8. The Morgan fingerprint density at radius 3 is 2.23 bits per heavy atom. The number of aliphatic hydroxyl groups is 1. The lowest BCUT2D eigenvalue weighted by molar-refractivity contribution is -0.0978. The monoisotopic (exact) mass is 408 g/mol. The summed E-state index contributed by atoms with van der Waals surface area (Å²) >= 11 is 0. The molecule has 1 aromatic carbocycles. The molecule has 1 aromatic rings. The van der Waals surface area contributed by atoms with Gasteiger partial charge in [-0.05, 0) is 12.1 Å². The molecule has 0 unspecified atom stereocenters. The van der Waals surface area contributed by atoms with Crippen LogP contribution in [0.25, 0.3) is 0 Å². The average Bonchev–Trinajstić information content (AvgIpc) is 3.01. The molecule has 0 amide bonds. The highest BCUT2D eigenvalue weighted by molar-refractivity contribution is 7.92. The fourth-order valence-electron chi connectivity index (χ4n) is 2.78. The number of rotatable bonds is 4. The highest BCUT2D eigenvalue weighted by Gasteiger charge is 2.58. The largest absolute Gasteiger partial charge is 0.501 e. The SMILES string of the molecule is O=S(=O)(c1ccc(OC[C@@H]2CC2(F)F)c2c1[C@H](O)C(F)(F)C2)C(F)(F)F. The molecular weight excluding hydrogens is 397 g/mol. The summed E-state index contributed by atoms with van der Waals surface area (Å²) in [4.78, 5) is -1.51. The number of halogens is 7. The number of hydrogen-bond acceptors (Lipinski definition) is 4. The number of aliphatic hydroxyl groups excluding tert-OH is 1. The van der Waals surface area contributed by atoms with E-state index in [9.17, 15) is 44.3 Å². The first kappa shape index (κ1) is 19.2. The van der Waals surface area contributed by atoms with Gasteiger partial charge in [0.2, 0.25) is 0 Å². The lowest BCUT2D eigenvalue weighted by Gasteiger charge is -2.17. The Bertz CT molecular complexity index is 848. The molecule has 0 aromatic heterocycles. The summed E-state index contributed by atoms with van der Waals surface area (Å²) in [6.07, 6.45) is -4.55. The van der Waals surface area contributed by atoms with Crippen molar-refractivity contribution in [1.82, 2.24) is 0 Å². The van der Waals surface area contributed by atoms with Gasteiger partial charge in [-0.25, -0.2) is 26.0 Å². The Labute approximate surface area is 142 Å². The molecule has 1 N–H and O–H groups in total. The third kappa shape index (κ3) is 2.92. The van der Waals surface area contributed by atoms with Crippen molar-refractivity contribution in [3.63, 3.8) is 0 Å².